The fraction of sp³-hybridized carbons (Fsp3) is 0.429. The van der Waals surface area contributed by atoms with Crippen LogP contribution in [0.25, 0.3) is 11.4 Å². The number of aromatic nitrogens is 3. The van der Waals surface area contributed by atoms with Crippen LogP contribution in [0.2, 0.25) is 0 Å². The molecule has 0 saturated heterocycles. The van der Waals surface area contributed by atoms with Gasteiger partial charge in [0.15, 0.2) is 0 Å². The third kappa shape index (κ3) is 3.63. The number of hydrogen-bond donors (Lipinski definition) is 1. The van der Waals surface area contributed by atoms with Crippen LogP contribution >= 0.6 is 0 Å². The number of pyridine rings is 1. The molecule has 2 heterocycles. The molecule has 112 valence electrons. The highest BCUT2D eigenvalue weighted by atomic mass is 16.5. The van der Waals surface area contributed by atoms with Crippen LogP contribution in [0.5, 0.6) is 0 Å². The first kappa shape index (κ1) is 15.1. The molecule has 1 amide bonds. The Morgan fingerprint density at radius 3 is 2.86 bits per heavy atom. The number of hydrogen-bond acceptors (Lipinski definition) is 6. The molecule has 0 bridgehead atoms. The molecule has 0 aliphatic heterocycles. The summed E-state index contributed by atoms with van der Waals surface area (Å²) in [6, 6.07) is 3.10. The maximum absolute atomic E-state index is 12.1. The van der Waals surface area contributed by atoms with Crippen LogP contribution in [0.15, 0.2) is 29.0 Å². The molecule has 7 heteroatoms. The van der Waals surface area contributed by atoms with Crippen molar-refractivity contribution in [2.45, 2.75) is 26.4 Å². The molecule has 7 nitrogen and oxygen atoms in total. The van der Waals surface area contributed by atoms with E-state index in [2.05, 4.69) is 15.1 Å². The van der Waals surface area contributed by atoms with Crippen molar-refractivity contribution < 1.29 is 9.32 Å². The second-order valence-electron chi connectivity index (χ2n) is 5.22. The summed E-state index contributed by atoms with van der Waals surface area (Å²) in [5, 5.41) is 3.88. The SMILES string of the molecule is CC(C)[C@H](N)C(=O)N(C)Cc1nc(-c2cccnc2)no1. The van der Waals surface area contributed by atoms with E-state index in [0.29, 0.717) is 11.7 Å². The second-order valence-corrected chi connectivity index (χ2v) is 5.22. The minimum Gasteiger partial charge on any atom is -0.337 e. The number of nitrogens with zero attached hydrogens (tertiary/aromatic N) is 4. The summed E-state index contributed by atoms with van der Waals surface area (Å²) in [4.78, 5) is 21.8. The Kier molecular flexibility index (Phi) is 4.64. The maximum atomic E-state index is 12.1. The van der Waals surface area contributed by atoms with Gasteiger partial charge in [-0.1, -0.05) is 19.0 Å². The van der Waals surface area contributed by atoms with E-state index >= 15 is 0 Å². The van der Waals surface area contributed by atoms with E-state index in [4.69, 9.17) is 10.3 Å². The predicted molar refractivity (Wildman–Crippen MR) is 76.8 cm³/mol. The lowest BCUT2D eigenvalue weighted by molar-refractivity contribution is -0.133. The first-order chi connectivity index (χ1) is 9.99. The molecule has 21 heavy (non-hydrogen) atoms. The van der Waals surface area contributed by atoms with Crippen molar-refractivity contribution in [1.82, 2.24) is 20.0 Å². The highest BCUT2D eigenvalue weighted by molar-refractivity contribution is 5.81. The van der Waals surface area contributed by atoms with E-state index in [-0.39, 0.29) is 18.4 Å². The fourth-order valence-electron chi connectivity index (χ4n) is 1.75. The minimum atomic E-state index is -0.532. The van der Waals surface area contributed by atoms with Crippen LogP contribution in [0.1, 0.15) is 19.7 Å². The fourth-order valence-corrected chi connectivity index (χ4v) is 1.75. The van der Waals surface area contributed by atoms with Crippen molar-refractivity contribution in [1.29, 1.82) is 0 Å². The van der Waals surface area contributed by atoms with Crippen LogP contribution < -0.4 is 5.73 Å². The average molecular weight is 289 g/mol. The topological polar surface area (TPSA) is 98.1 Å². The molecule has 2 rings (SSSR count). The van der Waals surface area contributed by atoms with Gasteiger partial charge in [0.05, 0.1) is 12.6 Å². The van der Waals surface area contributed by atoms with E-state index in [9.17, 15) is 4.79 Å². The van der Waals surface area contributed by atoms with E-state index < -0.39 is 6.04 Å². The highest BCUT2D eigenvalue weighted by Crippen LogP contribution is 2.14. The van der Waals surface area contributed by atoms with Gasteiger partial charge in [-0.25, -0.2) is 0 Å². The van der Waals surface area contributed by atoms with Crippen LogP contribution in [-0.2, 0) is 11.3 Å². The highest BCUT2D eigenvalue weighted by Gasteiger charge is 2.22. The molecule has 2 aromatic rings. The molecule has 2 aromatic heterocycles. The van der Waals surface area contributed by atoms with Crippen molar-refractivity contribution in [2.24, 2.45) is 11.7 Å². The van der Waals surface area contributed by atoms with Gasteiger partial charge in [0.1, 0.15) is 0 Å². The standard InChI is InChI=1S/C14H19N5O2/c1-9(2)12(15)14(20)19(3)8-11-17-13(18-21-11)10-5-4-6-16-7-10/h4-7,9,12H,8,15H2,1-3H3/t12-/m0/s1. The molecule has 0 saturated carbocycles. The molecule has 0 aromatic carbocycles. The second kappa shape index (κ2) is 6.45. The van der Waals surface area contributed by atoms with Crippen molar-refractivity contribution in [2.75, 3.05) is 7.05 Å². The van der Waals surface area contributed by atoms with Gasteiger partial charge in [-0.3, -0.25) is 9.78 Å². The molecule has 0 fully saturated rings. The van der Waals surface area contributed by atoms with Crippen LogP contribution in [0.3, 0.4) is 0 Å². The number of likely N-dealkylation sites (N-methyl/N-ethyl adjacent to an activating group) is 1. The Bertz CT molecular complexity index is 596. The predicted octanol–water partition coefficient (Wildman–Crippen LogP) is 1.07. The summed E-state index contributed by atoms with van der Waals surface area (Å²) >= 11 is 0. The summed E-state index contributed by atoms with van der Waals surface area (Å²) in [5.41, 5.74) is 6.61. The molecule has 2 N–H and O–H groups in total. The first-order valence-electron chi connectivity index (χ1n) is 6.72. The number of carbonyl (C=O) groups is 1. The zero-order valence-electron chi connectivity index (χ0n) is 12.4. The maximum Gasteiger partial charge on any atom is 0.246 e. The van der Waals surface area contributed by atoms with Gasteiger partial charge in [0, 0.05) is 25.0 Å². The minimum absolute atomic E-state index is 0.0774. The molecule has 0 unspecified atom stereocenters. The number of rotatable bonds is 5. The molecule has 1 atom stereocenters. The quantitative estimate of drug-likeness (QED) is 0.884. The summed E-state index contributed by atoms with van der Waals surface area (Å²) in [7, 11) is 1.67. The average Bonchev–Trinajstić information content (AvgIpc) is 2.95. The first-order valence-corrected chi connectivity index (χ1v) is 6.72. The van der Waals surface area contributed by atoms with Crippen LogP contribution in [0, 0.1) is 5.92 Å². The number of nitrogens with two attached hydrogens (primary N) is 1. The van der Waals surface area contributed by atoms with Gasteiger partial charge < -0.3 is 15.2 Å². The lowest BCUT2D eigenvalue weighted by atomic mass is 10.0. The lowest BCUT2D eigenvalue weighted by Gasteiger charge is -2.21. The van der Waals surface area contributed by atoms with E-state index in [1.807, 2.05) is 19.9 Å². The molecule has 0 radical (unpaired) electrons. The van der Waals surface area contributed by atoms with E-state index in [0.717, 1.165) is 5.56 Å². The monoisotopic (exact) mass is 289 g/mol. The van der Waals surface area contributed by atoms with Crippen molar-refractivity contribution >= 4 is 5.91 Å². The largest absolute Gasteiger partial charge is 0.337 e. The Hall–Kier alpha value is -2.28. The zero-order chi connectivity index (χ0) is 15.4. The Labute approximate surface area is 123 Å². The van der Waals surface area contributed by atoms with E-state index in [1.165, 1.54) is 4.90 Å². The summed E-state index contributed by atoms with van der Waals surface area (Å²) in [6.07, 6.45) is 3.32. The third-order valence-electron chi connectivity index (χ3n) is 3.14. The van der Waals surface area contributed by atoms with Gasteiger partial charge in [-0.2, -0.15) is 4.98 Å². The summed E-state index contributed by atoms with van der Waals surface area (Å²) in [6.45, 7) is 4.04. The molecular formula is C14H19N5O2. The molecule has 0 aliphatic carbocycles. The smallest absolute Gasteiger partial charge is 0.246 e. The van der Waals surface area contributed by atoms with E-state index in [1.54, 1.807) is 25.5 Å². The van der Waals surface area contributed by atoms with Gasteiger partial charge in [0.2, 0.25) is 17.6 Å². The Morgan fingerprint density at radius 1 is 1.48 bits per heavy atom. The normalized spacial score (nSPS) is 12.4. The Balaban J connectivity index is 2.04. The summed E-state index contributed by atoms with van der Waals surface area (Å²) in [5.74, 6) is 0.743. The molecule has 0 aliphatic rings. The third-order valence-corrected chi connectivity index (χ3v) is 3.14. The zero-order valence-corrected chi connectivity index (χ0v) is 12.4. The van der Waals surface area contributed by atoms with Crippen LogP contribution in [-0.4, -0.2) is 39.0 Å². The van der Waals surface area contributed by atoms with Gasteiger partial charge in [-0.15, -0.1) is 0 Å². The lowest BCUT2D eigenvalue weighted by Crippen LogP contribution is -2.44. The Morgan fingerprint density at radius 2 is 2.24 bits per heavy atom. The van der Waals surface area contributed by atoms with Gasteiger partial charge in [-0.05, 0) is 18.1 Å². The van der Waals surface area contributed by atoms with Crippen molar-refractivity contribution in [3.63, 3.8) is 0 Å². The van der Waals surface area contributed by atoms with Crippen molar-refractivity contribution in [3.05, 3.63) is 30.4 Å². The van der Waals surface area contributed by atoms with Crippen molar-refractivity contribution in [3.8, 4) is 11.4 Å². The van der Waals surface area contributed by atoms with Crippen LogP contribution in [0.4, 0.5) is 0 Å². The van der Waals surface area contributed by atoms with Gasteiger partial charge in [0.25, 0.3) is 0 Å². The summed E-state index contributed by atoms with van der Waals surface area (Å²) < 4.78 is 5.16. The number of carbonyl (C=O) groups excluding carboxylic acids is 1. The van der Waals surface area contributed by atoms with Gasteiger partial charge >= 0.3 is 0 Å². The molecular weight excluding hydrogens is 270 g/mol. The molecule has 0 spiro atoms. The number of amides is 1.